The Balaban J connectivity index is 1.62. The molecule has 0 aliphatic heterocycles. The van der Waals surface area contributed by atoms with Crippen molar-refractivity contribution in [2.45, 2.75) is 27.2 Å². The number of nitrogens with zero attached hydrogens (tertiary/aromatic N) is 1. The van der Waals surface area contributed by atoms with Crippen LogP contribution in [-0.4, -0.2) is 10.9 Å². The summed E-state index contributed by atoms with van der Waals surface area (Å²) in [6, 6.07) is 17.9. The Morgan fingerprint density at radius 3 is 2.31 bits per heavy atom. The highest BCUT2D eigenvalue weighted by atomic mass is 16.1. The molecule has 4 nitrogen and oxygen atoms in total. The van der Waals surface area contributed by atoms with E-state index >= 15 is 0 Å². The third kappa shape index (κ3) is 4.70. The van der Waals surface area contributed by atoms with Crippen molar-refractivity contribution in [1.82, 2.24) is 4.98 Å². The van der Waals surface area contributed by atoms with E-state index in [1.165, 1.54) is 11.1 Å². The molecular formula is C22H23N3O. The van der Waals surface area contributed by atoms with E-state index in [0.29, 0.717) is 12.1 Å². The van der Waals surface area contributed by atoms with Gasteiger partial charge >= 0.3 is 0 Å². The van der Waals surface area contributed by atoms with Gasteiger partial charge < -0.3 is 10.6 Å². The van der Waals surface area contributed by atoms with Crippen molar-refractivity contribution < 1.29 is 4.79 Å². The molecule has 1 aromatic heterocycles. The zero-order valence-corrected chi connectivity index (χ0v) is 15.3. The number of aromatic nitrogens is 1. The van der Waals surface area contributed by atoms with Gasteiger partial charge in [0.15, 0.2) is 0 Å². The van der Waals surface area contributed by atoms with Gasteiger partial charge in [0.2, 0.25) is 5.91 Å². The summed E-state index contributed by atoms with van der Waals surface area (Å²) in [5, 5.41) is 6.19. The molecule has 0 radical (unpaired) electrons. The van der Waals surface area contributed by atoms with E-state index in [-0.39, 0.29) is 5.91 Å². The van der Waals surface area contributed by atoms with E-state index in [1.54, 1.807) is 6.20 Å². The summed E-state index contributed by atoms with van der Waals surface area (Å²) >= 11 is 0. The predicted octanol–water partition coefficient (Wildman–Crippen LogP) is 4.93. The van der Waals surface area contributed by atoms with E-state index in [1.807, 2.05) is 43.3 Å². The molecule has 0 fully saturated rings. The number of nitrogens with one attached hydrogen (secondary N) is 2. The number of benzene rings is 2. The lowest BCUT2D eigenvalue weighted by Gasteiger charge is -2.10. The molecule has 2 N–H and O–H groups in total. The second-order valence-electron chi connectivity index (χ2n) is 6.58. The Hall–Kier alpha value is -3.14. The molecule has 26 heavy (non-hydrogen) atoms. The maximum atomic E-state index is 12.2. The Bertz CT molecular complexity index is 897. The predicted molar refractivity (Wildman–Crippen MR) is 107 cm³/mol. The molecule has 0 unspecified atom stereocenters. The molecule has 1 amide bonds. The molecule has 132 valence electrons. The third-order valence-corrected chi connectivity index (χ3v) is 4.15. The number of rotatable bonds is 5. The minimum absolute atomic E-state index is 0.0453. The summed E-state index contributed by atoms with van der Waals surface area (Å²) in [6.07, 6.45) is 2.02. The van der Waals surface area contributed by atoms with E-state index in [9.17, 15) is 4.79 Å². The van der Waals surface area contributed by atoms with Crippen LogP contribution in [0.4, 0.5) is 17.2 Å². The summed E-state index contributed by atoms with van der Waals surface area (Å²) in [5.74, 6) is 0.697. The van der Waals surface area contributed by atoms with Crippen LogP contribution in [0.5, 0.6) is 0 Å². The van der Waals surface area contributed by atoms with E-state index in [4.69, 9.17) is 0 Å². The largest absolute Gasteiger partial charge is 0.340 e. The molecule has 0 saturated carbocycles. The second-order valence-corrected chi connectivity index (χ2v) is 6.58. The lowest BCUT2D eigenvalue weighted by atomic mass is 10.1. The Labute approximate surface area is 154 Å². The van der Waals surface area contributed by atoms with Crippen molar-refractivity contribution in [3.63, 3.8) is 0 Å². The first-order valence-electron chi connectivity index (χ1n) is 8.65. The summed E-state index contributed by atoms with van der Waals surface area (Å²) in [6.45, 7) is 6.15. The van der Waals surface area contributed by atoms with Gasteiger partial charge in [-0.05, 0) is 67.3 Å². The first-order valence-corrected chi connectivity index (χ1v) is 8.65. The normalized spacial score (nSPS) is 10.4. The molecule has 0 spiro atoms. The Kier molecular flexibility index (Phi) is 5.32. The van der Waals surface area contributed by atoms with Crippen LogP contribution in [0.15, 0.2) is 60.8 Å². The van der Waals surface area contributed by atoms with Crippen LogP contribution in [-0.2, 0) is 11.2 Å². The number of carbonyl (C=O) groups is 1. The summed E-state index contributed by atoms with van der Waals surface area (Å²) in [5.41, 5.74) is 6.25. The Morgan fingerprint density at radius 2 is 1.65 bits per heavy atom. The van der Waals surface area contributed by atoms with Crippen molar-refractivity contribution >= 4 is 23.1 Å². The Morgan fingerprint density at radius 1 is 0.923 bits per heavy atom. The quantitative estimate of drug-likeness (QED) is 0.689. The molecular weight excluding hydrogens is 322 g/mol. The van der Waals surface area contributed by atoms with Crippen LogP contribution in [0, 0.1) is 20.8 Å². The molecule has 0 aliphatic rings. The second kappa shape index (κ2) is 7.83. The van der Waals surface area contributed by atoms with Gasteiger partial charge in [-0.2, -0.15) is 0 Å². The topological polar surface area (TPSA) is 54.0 Å². The van der Waals surface area contributed by atoms with Crippen LogP contribution in [0.2, 0.25) is 0 Å². The van der Waals surface area contributed by atoms with E-state index < -0.39 is 0 Å². The fraction of sp³-hybridized carbons (Fsp3) is 0.182. The average Bonchev–Trinajstić information content (AvgIpc) is 2.58. The number of anilines is 3. The number of pyridine rings is 1. The molecule has 3 aromatic rings. The minimum atomic E-state index is -0.0453. The highest BCUT2D eigenvalue weighted by Gasteiger charge is 2.07. The first kappa shape index (κ1) is 17.7. The maximum absolute atomic E-state index is 12.2. The van der Waals surface area contributed by atoms with Crippen LogP contribution in [0.1, 0.15) is 22.3 Å². The highest BCUT2D eigenvalue weighted by Crippen LogP contribution is 2.19. The smallest absolute Gasteiger partial charge is 0.228 e. The SMILES string of the molecule is Cc1cc(C)cc(Nc2ccc(NC(=O)Cc3ccccc3C)cn2)c1. The van der Waals surface area contributed by atoms with Gasteiger partial charge in [0.1, 0.15) is 5.82 Å². The number of amides is 1. The fourth-order valence-electron chi connectivity index (χ4n) is 2.92. The number of hydrogen-bond acceptors (Lipinski definition) is 3. The monoisotopic (exact) mass is 345 g/mol. The lowest BCUT2D eigenvalue weighted by Crippen LogP contribution is -2.15. The van der Waals surface area contributed by atoms with Gasteiger partial charge in [0.25, 0.3) is 0 Å². The first-order chi connectivity index (χ1) is 12.5. The lowest BCUT2D eigenvalue weighted by molar-refractivity contribution is -0.115. The summed E-state index contributed by atoms with van der Waals surface area (Å²) in [4.78, 5) is 16.6. The molecule has 0 atom stereocenters. The van der Waals surface area contributed by atoms with Gasteiger partial charge in [-0.1, -0.05) is 30.3 Å². The molecule has 2 aromatic carbocycles. The molecule has 4 heteroatoms. The van der Waals surface area contributed by atoms with Gasteiger partial charge in [-0.25, -0.2) is 4.98 Å². The zero-order valence-electron chi connectivity index (χ0n) is 15.3. The average molecular weight is 345 g/mol. The van der Waals surface area contributed by atoms with Crippen molar-refractivity contribution in [2.75, 3.05) is 10.6 Å². The van der Waals surface area contributed by atoms with Crippen molar-refractivity contribution in [2.24, 2.45) is 0 Å². The van der Waals surface area contributed by atoms with Gasteiger partial charge in [-0.15, -0.1) is 0 Å². The van der Waals surface area contributed by atoms with Crippen molar-refractivity contribution in [3.8, 4) is 0 Å². The number of aryl methyl sites for hydroxylation is 3. The van der Waals surface area contributed by atoms with Gasteiger partial charge in [0, 0.05) is 5.69 Å². The van der Waals surface area contributed by atoms with E-state index in [2.05, 4.69) is 47.7 Å². The highest BCUT2D eigenvalue weighted by molar-refractivity contribution is 5.92. The van der Waals surface area contributed by atoms with Crippen molar-refractivity contribution in [1.29, 1.82) is 0 Å². The summed E-state index contributed by atoms with van der Waals surface area (Å²) in [7, 11) is 0. The van der Waals surface area contributed by atoms with Crippen LogP contribution in [0.3, 0.4) is 0 Å². The fourth-order valence-corrected chi connectivity index (χ4v) is 2.92. The number of hydrogen-bond donors (Lipinski definition) is 2. The van der Waals surface area contributed by atoms with Gasteiger partial charge in [0.05, 0.1) is 18.3 Å². The minimum Gasteiger partial charge on any atom is -0.340 e. The van der Waals surface area contributed by atoms with Crippen LogP contribution < -0.4 is 10.6 Å². The number of carbonyl (C=O) groups excluding carboxylic acids is 1. The summed E-state index contributed by atoms with van der Waals surface area (Å²) < 4.78 is 0. The van der Waals surface area contributed by atoms with Crippen LogP contribution in [0.25, 0.3) is 0 Å². The standard InChI is InChI=1S/C22H23N3O/c1-15-10-16(2)12-20(11-15)24-21-9-8-19(14-23-21)25-22(26)13-18-7-5-4-6-17(18)3/h4-12,14H,13H2,1-3H3,(H,23,24)(H,25,26). The maximum Gasteiger partial charge on any atom is 0.228 e. The molecule has 0 saturated heterocycles. The van der Waals surface area contributed by atoms with Gasteiger partial charge in [-0.3, -0.25) is 4.79 Å². The van der Waals surface area contributed by atoms with Crippen molar-refractivity contribution in [3.05, 3.63) is 83.0 Å². The van der Waals surface area contributed by atoms with Crippen LogP contribution >= 0.6 is 0 Å². The van der Waals surface area contributed by atoms with E-state index in [0.717, 1.165) is 22.6 Å². The zero-order chi connectivity index (χ0) is 18.5. The third-order valence-electron chi connectivity index (χ3n) is 4.15. The molecule has 0 aliphatic carbocycles. The molecule has 1 heterocycles. The molecule has 0 bridgehead atoms. The molecule has 3 rings (SSSR count).